The molecule has 14 heavy (non-hydrogen) atoms. The molecule has 0 rings (SSSR count). The Morgan fingerprint density at radius 2 is 1.71 bits per heavy atom. The Balaban J connectivity index is 0. The van der Waals surface area contributed by atoms with Gasteiger partial charge >= 0.3 is 0 Å². The largest absolute Gasteiger partial charge is 0.481 e. The minimum absolute atomic E-state index is 0.0869. The van der Waals surface area contributed by atoms with Gasteiger partial charge in [-0.15, -0.1) is 0 Å². The van der Waals surface area contributed by atoms with E-state index in [1.807, 2.05) is 0 Å². The summed E-state index contributed by atoms with van der Waals surface area (Å²) >= 11 is 0. The SMILES string of the molecule is CC(=O)O.O=CC(O)C(O)C(O)CO. The van der Waals surface area contributed by atoms with Crippen LogP contribution in [0.3, 0.4) is 0 Å². The monoisotopic (exact) mass is 210 g/mol. The number of carbonyl (C=O) groups is 2. The van der Waals surface area contributed by atoms with Crippen LogP contribution in [-0.4, -0.2) is 62.7 Å². The average Bonchev–Trinajstić information content (AvgIpc) is 2.13. The molecular formula is C7H14O7. The van der Waals surface area contributed by atoms with Gasteiger partial charge in [0.2, 0.25) is 0 Å². The lowest BCUT2D eigenvalue weighted by molar-refractivity contribution is -0.134. The summed E-state index contributed by atoms with van der Waals surface area (Å²) in [7, 11) is 0. The van der Waals surface area contributed by atoms with E-state index in [1.54, 1.807) is 0 Å². The van der Waals surface area contributed by atoms with Crippen molar-refractivity contribution in [2.75, 3.05) is 6.61 Å². The van der Waals surface area contributed by atoms with Crippen LogP contribution in [0.4, 0.5) is 0 Å². The zero-order valence-corrected chi connectivity index (χ0v) is 7.57. The van der Waals surface area contributed by atoms with Crippen LogP contribution in [0.2, 0.25) is 0 Å². The lowest BCUT2D eigenvalue weighted by Gasteiger charge is -2.16. The molecule has 0 amide bonds. The fourth-order valence-corrected chi connectivity index (χ4v) is 0.416. The van der Waals surface area contributed by atoms with Crippen LogP contribution in [0, 0.1) is 0 Å². The lowest BCUT2D eigenvalue weighted by Crippen LogP contribution is -2.40. The summed E-state index contributed by atoms with van der Waals surface area (Å²) in [4.78, 5) is 18.8. The lowest BCUT2D eigenvalue weighted by atomic mass is 10.1. The van der Waals surface area contributed by atoms with Crippen molar-refractivity contribution in [1.82, 2.24) is 0 Å². The number of carbonyl (C=O) groups excluding carboxylic acids is 1. The molecule has 0 aliphatic carbocycles. The van der Waals surface area contributed by atoms with Gasteiger partial charge in [-0.2, -0.15) is 0 Å². The molecule has 0 radical (unpaired) electrons. The van der Waals surface area contributed by atoms with E-state index in [0.29, 0.717) is 0 Å². The van der Waals surface area contributed by atoms with E-state index in [0.717, 1.165) is 6.92 Å². The molecule has 0 saturated heterocycles. The number of aliphatic hydroxyl groups excluding tert-OH is 4. The molecule has 0 aromatic carbocycles. The molecule has 0 aromatic heterocycles. The third-order valence-electron chi connectivity index (χ3n) is 1.07. The van der Waals surface area contributed by atoms with E-state index in [9.17, 15) is 4.79 Å². The van der Waals surface area contributed by atoms with Gasteiger partial charge in [-0.3, -0.25) is 4.79 Å². The maximum absolute atomic E-state index is 9.76. The fourth-order valence-electron chi connectivity index (χ4n) is 0.416. The predicted molar refractivity (Wildman–Crippen MR) is 44.5 cm³/mol. The molecule has 3 atom stereocenters. The van der Waals surface area contributed by atoms with Crippen molar-refractivity contribution >= 4 is 12.3 Å². The average molecular weight is 210 g/mol. The number of carboxylic acid groups (broad SMARTS) is 1. The Morgan fingerprint density at radius 1 is 1.36 bits per heavy atom. The van der Waals surface area contributed by atoms with Crippen LogP contribution < -0.4 is 0 Å². The summed E-state index contributed by atoms with van der Waals surface area (Å²) < 4.78 is 0. The van der Waals surface area contributed by atoms with Crippen LogP contribution in [0.25, 0.3) is 0 Å². The molecule has 0 fully saturated rings. The zero-order chi connectivity index (χ0) is 11.7. The van der Waals surface area contributed by atoms with Gasteiger partial charge in [0, 0.05) is 6.92 Å². The quantitative estimate of drug-likeness (QED) is 0.320. The molecule has 0 spiro atoms. The molecule has 7 heteroatoms. The number of carboxylic acids is 1. The highest BCUT2D eigenvalue weighted by Crippen LogP contribution is 1.96. The minimum atomic E-state index is -1.64. The first-order chi connectivity index (χ1) is 6.36. The van der Waals surface area contributed by atoms with Crippen molar-refractivity contribution < 1.29 is 35.1 Å². The zero-order valence-electron chi connectivity index (χ0n) is 7.57. The van der Waals surface area contributed by atoms with Crippen LogP contribution in [0.1, 0.15) is 6.92 Å². The van der Waals surface area contributed by atoms with E-state index < -0.39 is 30.9 Å². The Hall–Kier alpha value is -1.02. The summed E-state index contributed by atoms with van der Waals surface area (Å²) in [6.45, 7) is 0.395. The number of aliphatic hydroxyl groups is 4. The molecule has 0 heterocycles. The van der Waals surface area contributed by atoms with Gasteiger partial charge in [-0.05, 0) is 0 Å². The van der Waals surface area contributed by atoms with E-state index in [1.165, 1.54) is 0 Å². The summed E-state index contributed by atoms with van der Waals surface area (Å²) in [5.74, 6) is -0.833. The van der Waals surface area contributed by atoms with Crippen LogP contribution >= 0.6 is 0 Å². The Bertz CT molecular complexity index is 165. The Kier molecular flexibility index (Phi) is 9.46. The number of aldehydes is 1. The van der Waals surface area contributed by atoms with Gasteiger partial charge in [0.05, 0.1) is 6.61 Å². The second-order valence-corrected chi connectivity index (χ2v) is 2.39. The van der Waals surface area contributed by atoms with Crippen molar-refractivity contribution in [3.8, 4) is 0 Å². The smallest absolute Gasteiger partial charge is 0.300 e. The highest BCUT2D eigenvalue weighted by molar-refractivity contribution is 5.62. The maximum atomic E-state index is 9.76. The highest BCUT2D eigenvalue weighted by atomic mass is 16.4. The molecule has 0 aliphatic rings. The number of hydrogen-bond donors (Lipinski definition) is 5. The first-order valence-corrected chi connectivity index (χ1v) is 3.66. The van der Waals surface area contributed by atoms with Crippen molar-refractivity contribution in [1.29, 1.82) is 0 Å². The fraction of sp³-hybridized carbons (Fsp3) is 0.714. The third-order valence-corrected chi connectivity index (χ3v) is 1.07. The first-order valence-electron chi connectivity index (χ1n) is 3.66. The van der Waals surface area contributed by atoms with E-state index >= 15 is 0 Å². The van der Waals surface area contributed by atoms with Gasteiger partial charge in [-0.25, -0.2) is 0 Å². The molecule has 0 aromatic rings. The molecule has 3 unspecified atom stereocenters. The van der Waals surface area contributed by atoms with E-state index in [4.69, 9.17) is 30.3 Å². The van der Waals surface area contributed by atoms with E-state index in [-0.39, 0.29) is 6.29 Å². The Morgan fingerprint density at radius 3 is 1.93 bits per heavy atom. The molecule has 0 saturated carbocycles. The summed E-state index contributed by atoms with van der Waals surface area (Å²) in [6.07, 6.45) is -4.63. The van der Waals surface area contributed by atoms with Crippen molar-refractivity contribution in [2.24, 2.45) is 0 Å². The van der Waals surface area contributed by atoms with E-state index in [2.05, 4.69) is 0 Å². The van der Waals surface area contributed by atoms with Crippen molar-refractivity contribution in [3.63, 3.8) is 0 Å². The predicted octanol–water partition coefficient (Wildman–Crippen LogP) is -2.65. The van der Waals surface area contributed by atoms with Gasteiger partial charge < -0.3 is 30.3 Å². The highest BCUT2D eigenvalue weighted by Gasteiger charge is 2.22. The second kappa shape index (κ2) is 8.57. The third kappa shape index (κ3) is 9.07. The summed E-state index contributed by atoms with van der Waals surface area (Å²) in [5, 5.41) is 41.5. The molecule has 7 nitrogen and oxygen atoms in total. The molecule has 5 N–H and O–H groups in total. The van der Waals surface area contributed by atoms with Gasteiger partial charge in [0.25, 0.3) is 5.97 Å². The van der Waals surface area contributed by atoms with Gasteiger partial charge in [0.1, 0.15) is 18.3 Å². The maximum Gasteiger partial charge on any atom is 0.300 e. The second-order valence-electron chi connectivity index (χ2n) is 2.39. The van der Waals surface area contributed by atoms with Crippen LogP contribution in [0.15, 0.2) is 0 Å². The first kappa shape index (κ1) is 15.5. The van der Waals surface area contributed by atoms with Gasteiger partial charge in [0.15, 0.2) is 6.29 Å². The number of hydrogen-bond acceptors (Lipinski definition) is 6. The van der Waals surface area contributed by atoms with Crippen molar-refractivity contribution in [2.45, 2.75) is 25.2 Å². The molecule has 0 aliphatic heterocycles. The summed E-state index contributed by atoms with van der Waals surface area (Å²) in [6, 6.07) is 0. The Labute approximate surface area is 80.2 Å². The van der Waals surface area contributed by atoms with Crippen molar-refractivity contribution in [3.05, 3.63) is 0 Å². The minimum Gasteiger partial charge on any atom is -0.481 e. The van der Waals surface area contributed by atoms with Crippen LogP contribution in [0.5, 0.6) is 0 Å². The molecule has 84 valence electrons. The molecular weight excluding hydrogens is 196 g/mol. The normalized spacial score (nSPS) is 15.8. The summed E-state index contributed by atoms with van der Waals surface area (Å²) in [5.41, 5.74) is 0. The number of rotatable bonds is 4. The topological polar surface area (TPSA) is 135 Å². The molecule has 0 bridgehead atoms. The standard InChI is InChI=1S/C5H10O5.C2H4O2/c6-1-3(8)5(10)4(9)2-7;1-2(3)4/h1,3-5,7-10H,2H2;1H3,(H,3,4). The van der Waals surface area contributed by atoms with Gasteiger partial charge in [-0.1, -0.05) is 0 Å². The van der Waals surface area contributed by atoms with Crippen LogP contribution in [-0.2, 0) is 9.59 Å². The number of aliphatic carboxylic acids is 1.